The summed E-state index contributed by atoms with van der Waals surface area (Å²) in [5, 5.41) is 8.69. The summed E-state index contributed by atoms with van der Waals surface area (Å²) in [4.78, 5) is 16.5. The first kappa shape index (κ1) is 27.1. The fraction of sp³-hybridized carbons (Fsp3) is 0.273. The molecule has 6 nitrogen and oxygen atoms in total. The average Bonchev–Trinajstić information content (AvgIpc) is 2.74. The summed E-state index contributed by atoms with van der Waals surface area (Å²) in [7, 11) is 0. The number of halogens is 4. The van der Waals surface area contributed by atoms with Crippen molar-refractivity contribution in [3.63, 3.8) is 0 Å². The molecule has 0 aliphatic heterocycles. The zero-order valence-corrected chi connectivity index (χ0v) is 19.7. The van der Waals surface area contributed by atoms with Crippen molar-refractivity contribution in [3.05, 3.63) is 59.7 Å². The van der Waals surface area contributed by atoms with Gasteiger partial charge >= 0.3 is 6.18 Å². The minimum Gasteiger partial charge on any atom is -0.484 e. The van der Waals surface area contributed by atoms with Crippen molar-refractivity contribution in [1.82, 2.24) is 10.6 Å². The Labute approximate surface area is 202 Å². The maximum absolute atomic E-state index is 12.2. The molecule has 0 atom stereocenters. The lowest BCUT2D eigenvalue weighted by Crippen LogP contribution is -2.41. The number of alkyl halides is 3. The van der Waals surface area contributed by atoms with E-state index in [0.717, 1.165) is 5.56 Å². The summed E-state index contributed by atoms with van der Waals surface area (Å²) >= 11 is 0. The number of terminal acetylenes is 1. The molecule has 172 valence electrons. The van der Waals surface area contributed by atoms with Gasteiger partial charge < -0.3 is 20.7 Å². The van der Waals surface area contributed by atoms with E-state index in [-0.39, 0.29) is 48.7 Å². The van der Waals surface area contributed by atoms with Crippen LogP contribution in [0.5, 0.6) is 5.75 Å². The van der Waals surface area contributed by atoms with Crippen LogP contribution in [-0.2, 0) is 11.3 Å². The van der Waals surface area contributed by atoms with E-state index in [0.29, 0.717) is 23.8 Å². The number of nitrogens with one attached hydrogen (secondary N) is 3. The first-order valence-electron chi connectivity index (χ1n) is 9.46. The van der Waals surface area contributed by atoms with Crippen molar-refractivity contribution in [1.29, 1.82) is 0 Å². The SMILES string of the molecule is C#Cc1cccc(NC(=O)CNC(=NCc2ccc(OCC(F)(F)F)cc2)NCC)c1.I. The molecular formula is C22H24F3IN4O2. The maximum atomic E-state index is 12.2. The first-order valence-corrected chi connectivity index (χ1v) is 9.46. The number of hydrogen-bond donors (Lipinski definition) is 3. The van der Waals surface area contributed by atoms with E-state index in [1.165, 1.54) is 12.1 Å². The van der Waals surface area contributed by atoms with E-state index in [1.54, 1.807) is 36.4 Å². The molecule has 0 saturated carbocycles. The van der Waals surface area contributed by atoms with Crippen LogP contribution in [0.3, 0.4) is 0 Å². The van der Waals surface area contributed by atoms with Crippen LogP contribution in [-0.4, -0.2) is 37.7 Å². The van der Waals surface area contributed by atoms with Crippen LogP contribution in [0, 0.1) is 12.3 Å². The van der Waals surface area contributed by atoms with Crippen LogP contribution in [0.1, 0.15) is 18.1 Å². The van der Waals surface area contributed by atoms with E-state index >= 15 is 0 Å². The number of amides is 1. The Hall–Kier alpha value is -2.94. The fourth-order valence-electron chi connectivity index (χ4n) is 2.42. The van der Waals surface area contributed by atoms with E-state index in [4.69, 9.17) is 6.42 Å². The molecule has 0 aromatic heterocycles. The molecule has 0 bridgehead atoms. The number of carbonyl (C=O) groups excluding carboxylic acids is 1. The molecule has 2 aromatic carbocycles. The van der Waals surface area contributed by atoms with Gasteiger partial charge in [-0.25, -0.2) is 4.99 Å². The van der Waals surface area contributed by atoms with Gasteiger partial charge in [-0.05, 0) is 42.8 Å². The van der Waals surface area contributed by atoms with Gasteiger partial charge in [-0.2, -0.15) is 13.2 Å². The molecule has 0 saturated heterocycles. The van der Waals surface area contributed by atoms with Crippen LogP contribution in [0.15, 0.2) is 53.5 Å². The largest absolute Gasteiger partial charge is 0.484 e. The molecule has 2 rings (SSSR count). The van der Waals surface area contributed by atoms with Crippen molar-refractivity contribution in [2.75, 3.05) is 25.0 Å². The predicted molar refractivity (Wildman–Crippen MR) is 129 cm³/mol. The summed E-state index contributed by atoms with van der Waals surface area (Å²) in [6.07, 6.45) is 0.969. The Morgan fingerprint density at radius 1 is 1.16 bits per heavy atom. The number of benzene rings is 2. The number of hydrogen-bond acceptors (Lipinski definition) is 3. The van der Waals surface area contributed by atoms with E-state index in [1.807, 2.05) is 6.92 Å². The number of aliphatic imine (C=N–C) groups is 1. The Balaban J connectivity index is 0.00000512. The first-order chi connectivity index (χ1) is 14.8. The molecular weight excluding hydrogens is 536 g/mol. The molecule has 0 fully saturated rings. The highest BCUT2D eigenvalue weighted by Crippen LogP contribution is 2.19. The standard InChI is InChI=1S/C22H23F3N4O2.HI/c1-3-16-6-5-7-18(12-16)29-20(30)14-28-21(26-4-2)27-13-17-8-10-19(11-9-17)31-15-22(23,24)25;/h1,5-12H,4,13-15H2,2H3,(H,29,30)(H2,26,27,28);1H. The number of rotatable bonds is 8. The monoisotopic (exact) mass is 560 g/mol. The summed E-state index contributed by atoms with van der Waals surface area (Å²) in [6, 6.07) is 13.1. The number of carbonyl (C=O) groups is 1. The molecule has 0 unspecified atom stereocenters. The third-order valence-electron chi connectivity index (χ3n) is 3.82. The Morgan fingerprint density at radius 2 is 1.88 bits per heavy atom. The zero-order chi connectivity index (χ0) is 22.7. The van der Waals surface area contributed by atoms with Gasteiger partial charge in [0.05, 0.1) is 13.1 Å². The molecule has 1 amide bonds. The van der Waals surface area contributed by atoms with Gasteiger partial charge in [0.25, 0.3) is 0 Å². The lowest BCUT2D eigenvalue weighted by molar-refractivity contribution is -0.153. The lowest BCUT2D eigenvalue weighted by atomic mass is 10.2. The summed E-state index contributed by atoms with van der Waals surface area (Å²) in [5.74, 6) is 2.78. The quantitative estimate of drug-likeness (QED) is 0.198. The van der Waals surface area contributed by atoms with Gasteiger partial charge in [0, 0.05) is 17.8 Å². The summed E-state index contributed by atoms with van der Waals surface area (Å²) in [6.45, 7) is 1.38. The van der Waals surface area contributed by atoms with Crippen LogP contribution in [0.25, 0.3) is 0 Å². The van der Waals surface area contributed by atoms with Crippen molar-refractivity contribution in [2.24, 2.45) is 4.99 Å². The van der Waals surface area contributed by atoms with Crippen LogP contribution in [0.4, 0.5) is 18.9 Å². The third kappa shape index (κ3) is 10.4. The molecule has 3 N–H and O–H groups in total. The highest BCUT2D eigenvalue weighted by Gasteiger charge is 2.28. The second-order valence-corrected chi connectivity index (χ2v) is 6.37. The molecule has 32 heavy (non-hydrogen) atoms. The third-order valence-corrected chi connectivity index (χ3v) is 3.82. The molecule has 0 aliphatic rings. The van der Waals surface area contributed by atoms with Gasteiger partial charge in [-0.3, -0.25) is 4.79 Å². The van der Waals surface area contributed by atoms with Crippen LogP contribution >= 0.6 is 24.0 Å². The number of guanidine groups is 1. The van der Waals surface area contributed by atoms with Gasteiger partial charge in [-0.15, -0.1) is 30.4 Å². The minimum absolute atomic E-state index is 0. The molecule has 10 heteroatoms. The minimum atomic E-state index is -4.38. The summed E-state index contributed by atoms with van der Waals surface area (Å²) in [5.41, 5.74) is 2.03. The van der Waals surface area contributed by atoms with Gasteiger partial charge in [0.1, 0.15) is 5.75 Å². The van der Waals surface area contributed by atoms with E-state index in [2.05, 4.69) is 31.6 Å². The highest BCUT2D eigenvalue weighted by molar-refractivity contribution is 14.0. The maximum Gasteiger partial charge on any atom is 0.422 e. The Bertz CT molecular complexity index is 941. The van der Waals surface area contributed by atoms with Gasteiger partial charge in [0.15, 0.2) is 12.6 Å². The van der Waals surface area contributed by atoms with Gasteiger partial charge in [-0.1, -0.05) is 24.1 Å². The Morgan fingerprint density at radius 3 is 2.50 bits per heavy atom. The topological polar surface area (TPSA) is 74.8 Å². The average molecular weight is 560 g/mol. The summed E-state index contributed by atoms with van der Waals surface area (Å²) < 4.78 is 41.3. The number of nitrogens with zero attached hydrogens (tertiary/aromatic N) is 1. The second-order valence-electron chi connectivity index (χ2n) is 6.37. The molecule has 0 heterocycles. The number of ether oxygens (including phenoxy) is 1. The van der Waals surface area contributed by atoms with Crippen molar-refractivity contribution in [3.8, 4) is 18.1 Å². The molecule has 2 aromatic rings. The van der Waals surface area contributed by atoms with E-state index in [9.17, 15) is 18.0 Å². The second kappa shape index (κ2) is 13.5. The smallest absolute Gasteiger partial charge is 0.422 e. The normalized spacial score (nSPS) is 11.0. The van der Waals surface area contributed by atoms with Crippen molar-refractivity contribution in [2.45, 2.75) is 19.6 Å². The van der Waals surface area contributed by atoms with Crippen LogP contribution in [0.2, 0.25) is 0 Å². The molecule has 0 aliphatic carbocycles. The number of anilines is 1. The fourth-order valence-corrected chi connectivity index (χ4v) is 2.42. The van der Waals surface area contributed by atoms with Crippen molar-refractivity contribution < 1.29 is 22.7 Å². The van der Waals surface area contributed by atoms with Crippen LogP contribution < -0.4 is 20.7 Å². The highest BCUT2D eigenvalue weighted by atomic mass is 127. The predicted octanol–water partition coefficient (Wildman–Crippen LogP) is 3.92. The Kier molecular flexibility index (Phi) is 11.4. The molecule has 0 radical (unpaired) electrons. The zero-order valence-electron chi connectivity index (χ0n) is 17.3. The van der Waals surface area contributed by atoms with Crippen molar-refractivity contribution >= 4 is 41.5 Å². The van der Waals surface area contributed by atoms with Gasteiger partial charge in [0.2, 0.25) is 5.91 Å². The lowest BCUT2D eigenvalue weighted by Gasteiger charge is -2.12. The van der Waals surface area contributed by atoms with E-state index < -0.39 is 12.8 Å². The molecule has 0 spiro atoms.